The molecule has 0 atom stereocenters. The topological polar surface area (TPSA) is 96.2 Å². The number of nitro groups is 1. The zero-order valence-corrected chi connectivity index (χ0v) is 19.4. The van der Waals surface area contributed by atoms with Crippen molar-refractivity contribution in [2.75, 3.05) is 37.8 Å². The first-order chi connectivity index (χ1) is 16.5. The highest BCUT2D eigenvalue weighted by molar-refractivity contribution is 5.82. The van der Waals surface area contributed by atoms with Gasteiger partial charge in [0.15, 0.2) is 11.6 Å². The fraction of sp³-hybridized carbons (Fsp3) is 0.231. The van der Waals surface area contributed by atoms with E-state index >= 15 is 0 Å². The molecule has 0 amide bonds. The summed E-state index contributed by atoms with van der Waals surface area (Å²) in [4.78, 5) is 22.3. The number of nitrogens with zero attached hydrogens (tertiary/aromatic N) is 4. The van der Waals surface area contributed by atoms with E-state index in [4.69, 9.17) is 4.98 Å². The van der Waals surface area contributed by atoms with Gasteiger partial charge in [-0.25, -0.2) is 9.97 Å². The maximum Gasteiger partial charge on any atom is 0.271 e. The second-order valence-corrected chi connectivity index (χ2v) is 8.35. The van der Waals surface area contributed by atoms with E-state index in [0.717, 1.165) is 24.1 Å². The number of benzene rings is 3. The Bertz CT molecular complexity index is 1280. The Morgan fingerprint density at radius 3 is 2.35 bits per heavy atom. The Hall–Kier alpha value is -4.04. The number of non-ortho nitro benzene ring substituents is 1. The van der Waals surface area contributed by atoms with Crippen molar-refractivity contribution in [1.29, 1.82) is 0 Å². The van der Waals surface area contributed by atoms with Crippen LogP contribution in [0.4, 0.5) is 17.3 Å². The van der Waals surface area contributed by atoms with Crippen LogP contribution in [-0.2, 0) is 6.54 Å². The number of rotatable bonds is 10. The Labute approximate surface area is 198 Å². The molecule has 0 unspecified atom stereocenters. The third-order valence-corrected chi connectivity index (χ3v) is 5.43. The first-order valence-corrected chi connectivity index (χ1v) is 11.2. The molecule has 1 heterocycles. The standard InChI is InChI=1S/C26H28N6O2/c1-31(2)15-7-14-27-25-26(29-23-13-12-22(32(33)34)17-24(23)30-25)28-18-19-8-6-11-21(16-19)20-9-4-3-5-10-20/h3-6,8-13,16-17H,7,14-15,18H2,1-2H3,(H,27,30)(H,28,29). The van der Waals surface area contributed by atoms with Gasteiger partial charge in [-0.3, -0.25) is 10.1 Å². The molecule has 0 bridgehead atoms. The van der Waals surface area contributed by atoms with Crippen LogP contribution in [0.3, 0.4) is 0 Å². The number of fused-ring (bicyclic) bond motifs is 1. The lowest BCUT2D eigenvalue weighted by atomic mass is 10.0. The fourth-order valence-electron chi connectivity index (χ4n) is 3.68. The van der Waals surface area contributed by atoms with Crippen LogP contribution >= 0.6 is 0 Å². The Morgan fingerprint density at radius 2 is 1.59 bits per heavy atom. The molecular weight excluding hydrogens is 428 g/mol. The Balaban J connectivity index is 1.57. The molecule has 8 nitrogen and oxygen atoms in total. The van der Waals surface area contributed by atoms with E-state index in [1.165, 1.54) is 17.7 Å². The van der Waals surface area contributed by atoms with E-state index in [1.54, 1.807) is 6.07 Å². The van der Waals surface area contributed by atoms with Crippen molar-refractivity contribution in [1.82, 2.24) is 14.9 Å². The van der Waals surface area contributed by atoms with Gasteiger partial charge in [0.05, 0.1) is 16.0 Å². The highest BCUT2D eigenvalue weighted by Crippen LogP contribution is 2.26. The van der Waals surface area contributed by atoms with Crippen LogP contribution in [0.2, 0.25) is 0 Å². The van der Waals surface area contributed by atoms with Gasteiger partial charge in [-0.05, 0) is 55.9 Å². The molecule has 2 N–H and O–H groups in total. The number of anilines is 2. The van der Waals surface area contributed by atoms with Gasteiger partial charge >= 0.3 is 0 Å². The first kappa shape index (κ1) is 23.1. The molecule has 0 fully saturated rings. The molecule has 8 heteroatoms. The molecule has 4 aromatic rings. The molecule has 174 valence electrons. The van der Waals surface area contributed by atoms with E-state index < -0.39 is 4.92 Å². The third kappa shape index (κ3) is 5.85. The lowest BCUT2D eigenvalue weighted by molar-refractivity contribution is -0.384. The average Bonchev–Trinajstić information content (AvgIpc) is 2.85. The van der Waals surface area contributed by atoms with Crippen molar-refractivity contribution in [3.05, 3.63) is 88.5 Å². The van der Waals surface area contributed by atoms with Crippen molar-refractivity contribution in [3.8, 4) is 11.1 Å². The minimum atomic E-state index is -0.419. The number of nitrogens with one attached hydrogen (secondary N) is 2. The van der Waals surface area contributed by atoms with E-state index in [9.17, 15) is 10.1 Å². The molecule has 34 heavy (non-hydrogen) atoms. The van der Waals surface area contributed by atoms with Gasteiger partial charge in [-0.1, -0.05) is 48.5 Å². The van der Waals surface area contributed by atoms with Crippen molar-refractivity contribution >= 4 is 28.4 Å². The third-order valence-electron chi connectivity index (χ3n) is 5.43. The Morgan fingerprint density at radius 1 is 0.853 bits per heavy atom. The van der Waals surface area contributed by atoms with Crippen LogP contribution < -0.4 is 10.6 Å². The van der Waals surface area contributed by atoms with E-state index in [1.807, 2.05) is 38.4 Å². The van der Waals surface area contributed by atoms with Crippen LogP contribution in [0, 0.1) is 10.1 Å². The quantitative estimate of drug-likeness (QED) is 0.193. The molecule has 0 spiro atoms. The monoisotopic (exact) mass is 456 g/mol. The van der Waals surface area contributed by atoms with Gasteiger partial charge in [-0.15, -0.1) is 0 Å². The summed E-state index contributed by atoms with van der Waals surface area (Å²) in [5, 5.41) is 17.9. The molecule has 0 aliphatic heterocycles. The molecule has 0 radical (unpaired) electrons. The summed E-state index contributed by atoms with van der Waals surface area (Å²) in [5.41, 5.74) is 4.52. The van der Waals surface area contributed by atoms with Gasteiger partial charge in [-0.2, -0.15) is 0 Å². The van der Waals surface area contributed by atoms with Gasteiger partial charge in [0, 0.05) is 25.2 Å². The minimum Gasteiger partial charge on any atom is -0.367 e. The molecule has 0 saturated heterocycles. The summed E-state index contributed by atoms with van der Waals surface area (Å²) in [6, 6.07) is 23.2. The Kier molecular flexibility index (Phi) is 7.29. The predicted octanol–water partition coefficient (Wildman–Crippen LogP) is 5.18. The summed E-state index contributed by atoms with van der Waals surface area (Å²) in [6.45, 7) is 2.22. The van der Waals surface area contributed by atoms with Crippen LogP contribution in [0.15, 0.2) is 72.8 Å². The molecule has 0 aliphatic carbocycles. The van der Waals surface area contributed by atoms with Crippen LogP contribution in [0.25, 0.3) is 22.2 Å². The van der Waals surface area contributed by atoms with Gasteiger partial charge in [0.25, 0.3) is 5.69 Å². The highest BCUT2D eigenvalue weighted by atomic mass is 16.6. The molecule has 0 aliphatic rings. The summed E-state index contributed by atoms with van der Waals surface area (Å²) in [7, 11) is 4.07. The van der Waals surface area contributed by atoms with E-state index in [0.29, 0.717) is 35.8 Å². The number of nitro benzene ring substituents is 1. The van der Waals surface area contributed by atoms with E-state index in [-0.39, 0.29) is 5.69 Å². The molecule has 4 rings (SSSR count). The lowest BCUT2D eigenvalue weighted by Crippen LogP contribution is -2.17. The summed E-state index contributed by atoms with van der Waals surface area (Å²) >= 11 is 0. The van der Waals surface area contributed by atoms with Crippen molar-refractivity contribution in [2.24, 2.45) is 0 Å². The SMILES string of the molecule is CN(C)CCCNc1nc2cc([N+](=O)[O-])ccc2nc1NCc1cccc(-c2ccccc2)c1. The largest absolute Gasteiger partial charge is 0.367 e. The predicted molar refractivity (Wildman–Crippen MR) is 137 cm³/mol. The summed E-state index contributed by atoms with van der Waals surface area (Å²) < 4.78 is 0. The van der Waals surface area contributed by atoms with Crippen LogP contribution in [0.1, 0.15) is 12.0 Å². The van der Waals surface area contributed by atoms with Crippen molar-refractivity contribution in [2.45, 2.75) is 13.0 Å². The minimum absolute atomic E-state index is 0.00112. The molecule has 3 aromatic carbocycles. The summed E-state index contributed by atoms with van der Waals surface area (Å²) in [5.74, 6) is 1.21. The smallest absolute Gasteiger partial charge is 0.271 e. The highest BCUT2D eigenvalue weighted by Gasteiger charge is 2.13. The first-order valence-electron chi connectivity index (χ1n) is 11.2. The summed E-state index contributed by atoms with van der Waals surface area (Å²) in [6.07, 6.45) is 0.931. The maximum atomic E-state index is 11.2. The maximum absolute atomic E-state index is 11.2. The van der Waals surface area contributed by atoms with Gasteiger partial charge < -0.3 is 15.5 Å². The van der Waals surface area contributed by atoms with Gasteiger partial charge in [0.1, 0.15) is 0 Å². The molecular formula is C26H28N6O2. The van der Waals surface area contributed by atoms with Crippen LogP contribution in [-0.4, -0.2) is 47.0 Å². The zero-order valence-electron chi connectivity index (χ0n) is 19.4. The van der Waals surface area contributed by atoms with Crippen molar-refractivity contribution < 1.29 is 4.92 Å². The second-order valence-electron chi connectivity index (χ2n) is 8.35. The number of aromatic nitrogens is 2. The fourth-order valence-corrected chi connectivity index (χ4v) is 3.68. The molecule has 1 aromatic heterocycles. The number of hydrogen-bond donors (Lipinski definition) is 2. The normalized spacial score (nSPS) is 11.0. The second kappa shape index (κ2) is 10.7. The van der Waals surface area contributed by atoms with Crippen molar-refractivity contribution in [3.63, 3.8) is 0 Å². The zero-order chi connectivity index (χ0) is 23.9. The average molecular weight is 457 g/mol. The van der Waals surface area contributed by atoms with Crippen LogP contribution in [0.5, 0.6) is 0 Å². The lowest BCUT2D eigenvalue weighted by Gasteiger charge is -2.15. The van der Waals surface area contributed by atoms with E-state index in [2.05, 4.69) is 50.8 Å². The number of hydrogen-bond acceptors (Lipinski definition) is 7. The van der Waals surface area contributed by atoms with Gasteiger partial charge in [0.2, 0.25) is 0 Å². The molecule has 0 saturated carbocycles.